The highest BCUT2D eigenvalue weighted by Crippen LogP contribution is 2.39. The van der Waals surface area contributed by atoms with Crippen molar-refractivity contribution in [2.24, 2.45) is 5.10 Å². The van der Waals surface area contributed by atoms with Crippen molar-refractivity contribution >= 4 is 38.1 Å². The van der Waals surface area contributed by atoms with Gasteiger partial charge in [0.05, 0.1) is 17.4 Å². The minimum atomic E-state index is 0.148. The fraction of sp³-hybridized carbons (Fsp3) is 0.0833. The van der Waals surface area contributed by atoms with Crippen LogP contribution in [0.15, 0.2) is 99.9 Å². The van der Waals surface area contributed by atoms with Crippen molar-refractivity contribution in [3.8, 4) is 11.3 Å². The summed E-state index contributed by atoms with van der Waals surface area (Å²) >= 11 is 5.13. The molecule has 1 aliphatic heterocycles. The zero-order valence-corrected chi connectivity index (χ0v) is 18.0. The normalized spacial score (nSPS) is 16.1. The molecule has 5 heteroatoms. The molecule has 1 atom stereocenters. The Kier molecular flexibility index (Phi) is 5.00. The van der Waals surface area contributed by atoms with E-state index < -0.39 is 0 Å². The first-order chi connectivity index (χ1) is 14.3. The fourth-order valence-corrected chi connectivity index (χ4v) is 4.65. The van der Waals surface area contributed by atoms with Gasteiger partial charge in [0.2, 0.25) is 5.13 Å². The molecular weight excluding hydrogens is 442 g/mol. The van der Waals surface area contributed by atoms with E-state index in [1.54, 1.807) is 11.3 Å². The highest BCUT2D eigenvalue weighted by atomic mass is 79.9. The van der Waals surface area contributed by atoms with Gasteiger partial charge < -0.3 is 0 Å². The lowest BCUT2D eigenvalue weighted by atomic mass is 9.99. The van der Waals surface area contributed by atoms with E-state index in [2.05, 4.69) is 93.0 Å². The molecule has 0 amide bonds. The van der Waals surface area contributed by atoms with E-state index in [4.69, 9.17) is 10.1 Å². The topological polar surface area (TPSA) is 28.5 Å². The predicted octanol–water partition coefficient (Wildman–Crippen LogP) is 6.93. The van der Waals surface area contributed by atoms with Crippen LogP contribution in [-0.2, 0) is 0 Å². The average molecular weight is 460 g/mol. The van der Waals surface area contributed by atoms with Crippen LogP contribution in [0.3, 0.4) is 0 Å². The number of aromatic nitrogens is 1. The van der Waals surface area contributed by atoms with Crippen molar-refractivity contribution < 1.29 is 0 Å². The molecule has 0 fully saturated rings. The van der Waals surface area contributed by atoms with Crippen molar-refractivity contribution in [1.29, 1.82) is 0 Å². The first kappa shape index (κ1) is 18.3. The molecule has 142 valence electrons. The number of rotatable bonds is 4. The highest BCUT2D eigenvalue weighted by Gasteiger charge is 2.31. The standard InChI is InChI=1S/C24H18BrN3S/c25-20-13-11-18(12-14-20)22-16-29-24(26-22)28-23(19-9-5-2-6-10-19)15-21(27-28)17-7-3-1-4-8-17/h1-14,16,23H,15H2. The van der Waals surface area contributed by atoms with Crippen LogP contribution in [0, 0.1) is 0 Å². The molecule has 4 aromatic rings. The van der Waals surface area contributed by atoms with Gasteiger partial charge in [-0.3, -0.25) is 0 Å². The van der Waals surface area contributed by atoms with Crippen molar-refractivity contribution in [3.63, 3.8) is 0 Å². The van der Waals surface area contributed by atoms with Crippen LogP contribution in [0.2, 0.25) is 0 Å². The quantitative estimate of drug-likeness (QED) is 0.331. The number of anilines is 1. The van der Waals surface area contributed by atoms with Crippen LogP contribution >= 0.6 is 27.3 Å². The molecular formula is C24H18BrN3S. The van der Waals surface area contributed by atoms with Crippen LogP contribution in [0.4, 0.5) is 5.13 Å². The third kappa shape index (κ3) is 3.76. The molecule has 0 N–H and O–H groups in total. The molecule has 1 aliphatic rings. The fourth-order valence-electron chi connectivity index (χ4n) is 3.55. The van der Waals surface area contributed by atoms with Gasteiger partial charge in [0.25, 0.3) is 0 Å². The monoisotopic (exact) mass is 459 g/mol. The second-order valence-electron chi connectivity index (χ2n) is 6.91. The Hall–Kier alpha value is -2.76. The predicted molar refractivity (Wildman–Crippen MR) is 125 cm³/mol. The number of nitrogens with zero attached hydrogens (tertiary/aromatic N) is 3. The van der Waals surface area contributed by atoms with Gasteiger partial charge in [-0.25, -0.2) is 9.99 Å². The lowest BCUT2D eigenvalue weighted by Crippen LogP contribution is -2.18. The number of benzene rings is 3. The van der Waals surface area contributed by atoms with E-state index in [0.717, 1.165) is 33.0 Å². The van der Waals surface area contributed by atoms with Crippen LogP contribution in [0.25, 0.3) is 11.3 Å². The number of hydrazone groups is 1. The Morgan fingerprint density at radius 2 is 1.52 bits per heavy atom. The molecule has 1 aromatic heterocycles. The maximum Gasteiger partial charge on any atom is 0.207 e. The Bertz CT molecular complexity index is 1140. The third-order valence-electron chi connectivity index (χ3n) is 5.03. The Morgan fingerprint density at radius 3 is 2.24 bits per heavy atom. The average Bonchev–Trinajstić information content (AvgIpc) is 3.43. The number of hydrogen-bond donors (Lipinski definition) is 0. The van der Waals surface area contributed by atoms with Gasteiger partial charge in [0, 0.05) is 21.8 Å². The first-order valence-corrected chi connectivity index (χ1v) is 11.1. The smallest absolute Gasteiger partial charge is 0.207 e. The summed E-state index contributed by atoms with van der Waals surface area (Å²) in [6.07, 6.45) is 0.862. The minimum Gasteiger partial charge on any atom is -0.231 e. The minimum absolute atomic E-state index is 0.148. The molecule has 0 aliphatic carbocycles. The second-order valence-corrected chi connectivity index (χ2v) is 8.66. The number of hydrogen-bond acceptors (Lipinski definition) is 4. The van der Waals surface area contributed by atoms with Crippen molar-refractivity contribution in [2.75, 3.05) is 5.01 Å². The van der Waals surface area contributed by atoms with Gasteiger partial charge in [-0.1, -0.05) is 88.7 Å². The molecule has 0 spiro atoms. The lowest BCUT2D eigenvalue weighted by molar-refractivity contribution is 0.706. The van der Waals surface area contributed by atoms with Crippen LogP contribution < -0.4 is 5.01 Å². The Balaban J connectivity index is 1.53. The summed E-state index contributed by atoms with van der Waals surface area (Å²) in [4.78, 5) is 4.92. The van der Waals surface area contributed by atoms with Gasteiger partial charge >= 0.3 is 0 Å². The highest BCUT2D eigenvalue weighted by molar-refractivity contribution is 9.10. The van der Waals surface area contributed by atoms with Gasteiger partial charge in [-0.05, 0) is 23.3 Å². The molecule has 1 unspecified atom stereocenters. The van der Waals surface area contributed by atoms with Gasteiger partial charge in [0.15, 0.2) is 0 Å². The van der Waals surface area contributed by atoms with E-state index in [1.807, 2.05) is 18.2 Å². The maximum atomic E-state index is 5.00. The summed E-state index contributed by atoms with van der Waals surface area (Å²) in [6.45, 7) is 0. The second kappa shape index (κ2) is 7.93. The summed E-state index contributed by atoms with van der Waals surface area (Å²) in [5, 5.41) is 10.1. The Labute approximate surface area is 182 Å². The van der Waals surface area contributed by atoms with Gasteiger partial charge in [-0.2, -0.15) is 5.10 Å². The number of halogens is 1. The molecule has 0 bridgehead atoms. The van der Waals surface area contributed by atoms with Crippen molar-refractivity contribution in [2.45, 2.75) is 12.5 Å². The zero-order valence-electron chi connectivity index (χ0n) is 15.6. The Morgan fingerprint density at radius 1 is 0.828 bits per heavy atom. The molecule has 29 heavy (non-hydrogen) atoms. The third-order valence-corrected chi connectivity index (χ3v) is 6.39. The molecule has 3 aromatic carbocycles. The molecule has 5 rings (SSSR count). The largest absolute Gasteiger partial charge is 0.231 e. The molecule has 0 saturated heterocycles. The molecule has 0 radical (unpaired) electrons. The van der Waals surface area contributed by atoms with E-state index in [-0.39, 0.29) is 6.04 Å². The zero-order chi connectivity index (χ0) is 19.6. The van der Waals surface area contributed by atoms with Crippen LogP contribution in [0.5, 0.6) is 0 Å². The van der Waals surface area contributed by atoms with E-state index in [9.17, 15) is 0 Å². The van der Waals surface area contributed by atoms with Gasteiger partial charge in [0.1, 0.15) is 0 Å². The summed E-state index contributed by atoms with van der Waals surface area (Å²) < 4.78 is 1.07. The SMILES string of the molecule is Brc1ccc(-c2csc(N3N=C(c4ccccc4)CC3c3ccccc3)n2)cc1. The van der Waals surface area contributed by atoms with Crippen molar-refractivity contribution in [1.82, 2.24) is 4.98 Å². The van der Waals surface area contributed by atoms with E-state index in [0.29, 0.717) is 0 Å². The summed E-state index contributed by atoms with van der Waals surface area (Å²) in [5.41, 5.74) is 5.61. The van der Waals surface area contributed by atoms with Crippen LogP contribution in [-0.4, -0.2) is 10.7 Å². The van der Waals surface area contributed by atoms with Crippen molar-refractivity contribution in [3.05, 3.63) is 106 Å². The van der Waals surface area contributed by atoms with Gasteiger partial charge in [-0.15, -0.1) is 11.3 Å². The summed E-state index contributed by atoms with van der Waals surface area (Å²) in [6, 6.07) is 29.4. The number of thiazole rings is 1. The molecule has 2 heterocycles. The van der Waals surface area contributed by atoms with E-state index in [1.165, 1.54) is 11.1 Å². The summed E-state index contributed by atoms with van der Waals surface area (Å²) in [5.74, 6) is 0. The maximum absolute atomic E-state index is 5.00. The van der Waals surface area contributed by atoms with E-state index >= 15 is 0 Å². The first-order valence-electron chi connectivity index (χ1n) is 9.46. The van der Waals surface area contributed by atoms with Crippen LogP contribution in [0.1, 0.15) is 23.6 Å². The molecule has 3 nitrogen and oxygen atoms in total. The summed E-state index contributed by atoms with van der Waals surface area (Å²) in [7, 11) is 0. The lowest BCUT2D eigenvalue weighted by Gasteiger charge is -2.21. The molecule has 0 saturated carbocycles.